The fourth-order valence-electron chi connectivity index (χ4n) is 3.41. The number of nitrogens with one attached hydrogen (secondary N) is 1. The van der Waals surface area contributed by atoms with Gasteiger partial charge < -0.3 is 5.32 Å². The summed E-state index contributed by atoms with van der Waals surface area (Å²) in [4.78, 5) is 12.6. The Hall–Kier alpha value is -3.26. The van der Waals surface area contributed by atoms with Gasteiger partial charge in [0.15, 0.2) is 0 Å². The van der Waals surface area contributed by atoms with Gasteiger partial charge in [-0.3, -0.25) is 9.10 Å². The lowest BCUT2D eigenvalue weighted by Crippen LogP contribution is -2.42. The molecule has 174 valence electrons. The third kappa shape index (κ3) is 6.61. The molecule has 0 aliphatic rings. The van der Waals surface area contributed by atoms with Gasteiger partial charge in [0.2, 0.25) is 5.91 Å². The molecule has 0 spiro atoms. The minimum absolute atomic E-state index is 0.132. The molecule has 33 heavy (non-hydrogen) atoms. The van der Waals surface area contributed by atoms with Crippen molar-refractivity contribution in [2.75, 3.05) is 17.4 Å². The molecular weight excluding hydrogens is 446 g/mol. The summed E-state index contributed by atoms with van der Waals surface area (Å²) in [6.07, 6.45) is 1.62. The number of rotatable bonds is 10. The number of sulfonamides is 1. The largest absolute Gasteiger partial charge is 0.354 e. The SMILES string of the molecule is CCC(CNC(=O)CN(c1ccc(F)cc1)S(=O)(=O)c1ccc(F)cc1)Cc1ccccc1. The first kappa shape index (κ1) is 24.4. The summed E-state index contributed by atoms with van der Waals surface area (Å²) < 4.78 is 54.1. The molecular formula is C25H26F2N2O3S. The van der Waals surface area contributed by atoms with Gasteiger partial charge in [0.1, 0.15) is 18.2 Å². The Bertz CT molecular complexity index is 1150. The lowest BCUT2D eigenvalue weighted by atomic mass is 9.97. The van der Waals surface area contributed by atoms with Gasteiger partial charge >= 0.3 is 0 Å². The summed E-state index contributed by atoms with van der Waals surface area (Å²) in [6.45, 7) is 1.93. The maximum absolute atomic E-state index is 13.4. The zero-order valence-electron chi connectivity index (χ0n) is 18.2. The van der Waals surface area contributed by atoms with E-state index in [0.29, 0.717) is 6.54 Å². The molecule has 0 fully saturated rings. The monoisotopic (exact) mass is 472 g/mol. The van der Waals surface area contributed by atoms with Gasteiger partial charge in [0.25, 0.3) is 10.0 Å². The Morgan fingerprint density at radius 2 is 1.48 bits per heavy atom. The molecule has 0 saturated heterocycles. The number of hydrogen-bond acceptors (Lipinski definition) is 3. The lowest BCUT2D eigenvalue weighted by molar-refractivity contribution is -0.119. The lowest BCUT2D eigenvalue weighted by Gasteiger charge is -2.25. The van der Waals surface area contributed by atoms with E-state index < -0.39 is 34.1 Å². The number of benzene rings is 3. The first-order valence-corrected chi connectivity index (χ1v) is 12.1. The van der Waals surface area contributed by atoms with Crippen molar-refractivity contribution < 1.29 is 22.0 Å². The summed E-state index contributed by atoms with van der Waals surface area (Å²) in [5.74, 6) is -1.42. The molecule has 3 aromatic carbocycles. The van der Waals surface area contributed by atoms with Crippen LogP contribution in [-0.2, 0) is 21.2 Å². The molecule has 0 saturated carbocycles. The van der Waals surface area contributed by atoms with Crippen LogP contribution in [0.1, 0.15) is 18.9 Å². The van der Waals surface area contributed by atoms with E-state index in [2.05, 4.69) is 5.32 Å². The van der Waals surface area contributed by atoms with E-state index in [1.165, 1.54) is 12.1 Å². The predicted octanol–water partition coefficient (Wildman–Crippen LogP) is 4.55. The molecule has 1 unspecified atom stereocenters. The van der Waals surface area contributed by atoms with Crippen molar-refractivity contribution in [2.45, 2.75) is 24.7 Å². The number of hydrogen-bond donors (Lipinski definition) is 1. The second kappa shape index (κ2) is 11.0. The van der Waals surface area contributed by atoms with E-state index in [0.717, 1.165) is 59.1 Å². The molecule has 0 radical (unpaired) electrons. The van der Waals surface area contributed by atoms with Crippen LogP contribution < -0.4 is 9.62 Å². The third-order valence-corrected chi connectivity index (χ3v) is 7.12. The van der Waals surface area contributed by atoms with Crippen molar-refractivity contribution in [3.05, 3.63) is 96.1 Å². The van der Waals surface area contributed by atoms with Gasteiger partial charge in [-0.25, -0.2) is 17.2 Å². The van der Waals surface area contributed by atoms with Crippen LogP contribution in [0.3, 0.4) is 0 Å². The smallest absolute Gasteiger partial charge is 0.264 e. The molecule has 1 atom stereocenters. The number of carbonyl (C=O) groups is 1. The highest BCUT2D eigenvalue weighted by Crippen LogP contribution is 2.24. The Morgan fingerprint density at radius 1 is 0.909 bits per heavy atom. The molecule has 3 rings (SSSR count). The first-order valence-electron chi connectivity index (χ1n) is 10.6. The van der Waals surface area contributed by atoms with Crippen LogP contribution in [-0.4, -0.2) is 27.4 Å². The fraction of sp³-hybridized carbons (Fsp3) is 0.240. The van der Waals surface area contributed by atoms with Crippen LogP contribution in [0.25, 0.3) is 0 Å². The summed E-state index contributed by atoms with van der Waals surface area (Å²) >= 11 is 0. The summed E-state index contributed by atoms with van der Waals surface area (Å²) in [7, 11) is -4.19. The first-order chi connectivity index (χ1) is 15.8. The molecule has 5 nitrogen and oxygen atoms in total. The van der Waals surface area contributed by atoms with E-state index in [-0.39, 0.29) is 16.5 Å². The minimum Gasteiger partial charge on any atom is -0.354 e. The van der Waals surface area contributed by atoms with E-state index >= 15 is 0 Å². The highest BCUT2D eigenvalue weighted by molar-refractivity contribution is 7.92. The Kier molecular flexibility index (Phi) is 8.16. The van der Waals surface area contributed by atoms with Crippen molar-refractivity contribution in [1.82, 2.24) is 5.32 Å². The molecule has 8 heteroatoms. The summed E-state index contributed by atoms with van der Waals surface area (Å²) in [5, 5.41) is 2.82. The molecule has 0 bridgehead atoms. The standard InChI is InChI=1S/C25H26F2N2O3S/c1-2-19(16-20-6-4-3-5-7-20)17-28-25(30)18-29(23-12-8-21(26)9-13-23)33(31,32)24-14-10-22(27)11-15-24/h3-15,19H,2,16-18H2,1H3,(H,28,30). The molecule has 0 aliphatic carbocycles. The highest BCUT2D eigenvalue weighted by Gasteiger charge is 2.27. The summed E-state index contributed by atoms with van der Waals surface area (Å²) in [5.41, 5.74) is 1.29. The summed E-state index contributed by atoms with van der Waals surface area (Å²) in [6, 6.07) is 19.0. The predicted molar refractivity (Wildman–Crippen MR) is 124 cm³/mol. The second-order valence-corrected chi connectivity index (χ2v) is 9.57. The van der Waals surface area contributed by atoms with Gasteiger partial charge in [0, 0.05) is 6.54 Å². The van der Waals surface area contributed by atoms with Crippen molar-refractivity contribution >= 4 is 21.6 Å². The van der Waals surface area contributed by atoms with Gasteiger partial charge in [-0.05, 0) is 66.4 Å². The maximum Gasteiger partial charge on any atom is 0.264 e. The minimum atomic E-state index is -4.19. The Labute approximate surface area is 193 Å². The van der Waals surface area contributed by atoms with Gasteiger partial charge in [0.05, 0.1) is 10.6 Å². The molecule has 1 amide bonds. The third-order valence-electron chi connectivity index (χ3n) is 5.34. The van der Waals surface area contributed by atoms with Crippen LogP contribution in [0.4, 0.5) is 14.5 Å². The average molecular weight is 473 g/mol. The van der Waals surface area contributed by atoms with Crippen LogP contribution in [0.2, 0.25) is 0 Å². The van der Waals surface area contributed by atoms with Crippen molar-refractivity contribution in [3.8, 4) is 0 Å². The number of anilines is 1. The van der Waals surface area contributed by atoms with Crippen LogP contribution in [0.5, 0.6) is 0 Å². The second-order valence-electron chi connectivity index (χ2n) is 7.71. The fourth-order valence-corrected chi connectivity index (χ4v) is 4.83. The number of halogens is 2. The zero-order chi connectivity index (χ0) is 23.8. The van der Waals surface area contributed by atoms with Crippen LogP contribution in [0.15, 0.2) is 83.8 Å². The van der Waals surface area contributed by atoms with E-state index in [1.54, 1.807) is 0 Å². The quantitative estimate of drug-likeness (QED) is 0.471. The molecule has 1 N–H and O–H groups in total. The maximum atomic E-state index is 13.4. The van der Waals surface area contributed by atoms with Crippen molar-refractivity contribution in [3.63, 3.8) is 0 Å². The van der Waals surface area contributed by atoms with Crippen LogP contribution >= 0.6 is 0 Å². The Morgan fingerprint density at radius 3 is 2.06 bits per heavy atom. The van der Waals surface area contributed by atoms with E-state index in [1.807, 2.05) is 37.3 Å². The van der Waals surface area contributed by atoms with E-state index in [9.17, 15) is 22.0 Å². The van der Waals surface area contributed by atoms with Gasteiger partial charge in [-0.15, -0.1) is 0 Å². The van der Waals surface area contributed by atoms with Crippen molar-refractivity contribution in [2.24, 2.45) is 5.92 Å². The molecule has 0 heterocycles. The number of nitrogens with zero attached hydrogens (tertiary/aromatic N) is 1. The topological polar surface area (TPSA) is 66.5 Å². The van der Waals surface area contributed by atoms with Gasteiger partial charge in [-0.1, -0.05) is 43.7 Å². The number of carbonyl (C=O) groups excluding carboxylic acids is 1. The van der Waals surface area contributed by atoms with Crippen molar-refractivity contribution in [1.29, 1.82) is 0 Å². The molecule has 0 aromatic heterocycles. The average Bonchev–Trinajstić information content (AvgIpc) is 2.81. The highest BCUT2D eigenvalue weighted by atomic mass is 32.2. The molecule has 3 aromatic rings. The zero-order valence-corrected chi connectivity index (χ0v) is 19.1. The number of amides is 1. The Balaban J connectivity index is 1.76. The van der Waals surface area contributed by atoms with Gasteiger partial charge in [-0.2, -0.15) is 0 Å². The van der Waals surface area contributed by atoms with E-state index in [4.69, 9.17) is 0 Å². The van der Waals surface area contributed by atoms with Crippen LogP contribution in [0, 0.1) is 17.6 Å². The normalized spacial score (nSPS) is 12.2. The molecule has 0 aliphatic heterocycles.